The van der Waals surface area contributed by atoms with E-state index < -0.39 is 0 Å². The van der Waals surface area contributed by atoms with Gasteiger partial charge in [-0.05, 0) is 55.4 Å². The predicted molar refractivity (Wildman–Crippen MR) is 89.5 cm³/mol. The van der Waals surface area contributed by atoms with Crippen LogP contribution in [0.1, 0.15) is 42.9 Å². The molecule has 1 N–H and O–H groups in total. The van der Waals surface area contributed by atoms with Crippen molar-refractivity contribution in [2.24, 2.45) is 0 Å². The van der Waals surface area contributed by atoms with Crippen LogP contribution >= 0.6 is 12.2 Å². The highest BCUT2D eigenvalue weighted by Gasteiger charge is 2.25. The predicted octanol–water partition coefficient (Wildman–Crippen LogP) is 3.05. The first-order valence-electron chi connectivity index (χ1n) is 7.96. The van der Waals surface area contributed by atoms with Gasteiger partial charge in [0.2, 0.25) is 0 Å². The number of benzene rings is 1. The molecule has 0 amide bonds. The van der Waals surface area contributed by atoms with Crippen molar-refractivity contribution >= 4 is 17.3 Å². The van der Waals surface area contributed by atoms with Crippen molar-refractivity contribution in [2.75, 3.05) is 20.2 Å². The number of ether oxygens (including phenoxy) is 1. The second-order valence-electron chi connectivity index (χ2n) is 6.04. The van der Waals surface area contributed by atoms with E-state index >= 15 is 0 Å². The molecular formula is C17H24N2OS. The van der Waals surface area contributed by atoms with Crippen molar-refractivity contribution in [2.45, 2.75) is 44.2 Å². The van der Waals surface area contributed by atoms with Gasteiger partial charge in [0, 0.05) is 20.2 Å². The Hall–Kier alpha value is -1.13. The number of fused-ring (bicyclic) bond motifs is 1. The zero-order chi connectivity index (χ0) is 14.7. The van der Waals surface area contributed by atoms with E-state index in [1.54, 1.807) is 0 Å². The zero-order valence-electron chi connectivity index (χ0n) is 12.7. The van der Waals surface area contributed by atoms with E-state index in [1.165, 1.54) is 36.8 Å². The third kappa shape index (κ3) is 3.38. The summed E-state index contributed by atoms with van der Waals surface area (Å²) in [5.41, 5.74) is 2.91. The summed E-state index contributed by atoms with van der Waals surface area (Å²) in [4.78, 5) is 2.22. The summed E-state index contributed by atoms with van der Waals surface area (Å²) < 4.78 is 5.64. The Labute approximate surface area is 132 Å². The standard InChI is InChI=1S/C17H24N2OS/c1-19(17(21)18-12-14-8-5-11-20-14)16-10-4-7-13-6-2-3-9-15(13)16/h2-3,6,9,14,16H,4-5,7-8,10-12H2,1H3,(H,18,21)/t14-,16-/m1/s1. The van der Waals surface area contributed by atoms with E-state index in [-0.39, 0.29) is 0 Å². The summed E-state index contributed by atoms with van der Waals surface area (Å²) in [5.74, 6) is 0. The van der Waals surface area contributed by atoms with Crippen LogP contribution in [0.5, 0.6) is 0 Å². The molecule has 0 unspecified atom stereocenters. The Morgan fingerprint density at radius 1 is 1.33 bits per heavy atom. The second kappa shape index (κ2) is 6.75. The molecule has 3 nitrogen and oxygen atoms in total. The van der Waals surface area contributed by atoms with Gasteiger partial charge in [0.15, 0.2) is 5.11 Å². The van der Waals surface area contributed by atoms with Gasteiger partial charge in [-0.25, -0.2) is 0 Å². The van der Waals surface area contributed by atoms with E-state index in [0.717, 1.165) is 24.7 Å². The maximum Gasteiger partial charge on any atom is 0.169 e. The number of hydrogen-bond acceptors (Lipinski definition) is 2. The number of nitrogens with zero attached hydrogens (tertiary/aromatic N) is 1. The van der Waals surface area contributed by atoms with Crippen LogP contribution in [0.25, 0.3) is 0 Å². The smallest absolute Gasteiger partial charge is 0.169 e. The first-order valence-corrected chi connectivity index (χ1v) is 8.36. The first-order chi connectivity index (χ1) is 10.3. The third-order valence-corrected chi connectivity index (χ3v) is 5.06. The van der Waals surface area contributed by atoms with E-state index in [4.69, 9.17) is 17.0 Å². The number of thiocarbonyl (C=S) groups is 1. The Kier molecular flexibility index (Phi) is 4.76. The van der Waals surface area contributed by atoms with Crippen LogP contribution < -0.4 is 5.32 Å². The monoisotopic (exact) mass is 304 g/mol. The molecular weight excluding hydrogens is 280 g/mol. The summed E-state index contributed by atoms with van der Waals surface area (Å²) in [6, 6.07) is 9.17. The number of hydrogen-bond donors (Lipinski definition) is 1. The average Bonchev–Trinajstić information content (AvgIpc) is 3.05. The molecule has 1 fully saturated rings. The molecule has 1 aliphatic carbocycles. The van der Waals surface area contributed by atoms with E-state index in [2.05, 4.69) is 41.5 Å². The molecule has 21 heavy (non-hydrogen) atoms. The largest absolute Gasteiger partial charge is 0.376 e. The van der Waals surface area contributed by atoms with Gasteiger partial charge in [-0.3, -0.25) is 0 Å². The van der Waals surface area contributed by atoms with Crippen LogP contribution in [-0.4, -0.2) is 36.3 Å². The van der Waals surface area contributed by atoms with E-state index in [0.29, 0.717) is 12.1 Å². The van der Waals surface area contributed by atoms with Crippen LogP contribution in [0.3, 0.4) is 0 Å². The molecule has 0 bridgehead atoms. The fourth-order valence-corrected chi connectivity index (χ4v) is 3.61. The second-order valence-corrected chi connectivity index (χ2v) is 6.43. The number of nitrogens with one attached hydrogen (secondary N) is 1. The molecule has 4 heteroatoms. The lowest BCUT2D eigenvalue weighted by Crippen LogP contribution is -2.43. The van der Waals surface area contributed by atoms with Crippen molar-refractivity contribution in [1.29, 1.82) is 0 Å². The van der Waals surface area contributed by atoms with Gasteiger partial charge in [-0.1, -0.05) is 24.3 Å². The maximum atomic E-state index is 5.64. The fraction of sp³-hybridized carbons (Fsp3) is 0.588. The van der Waals surface area contributed by atoms with Crippen molar-refractivity contribution in [1.82, 2.24) is 10.2 Å². The zero-order valence-corrected chi connectivity index (χ0v) is 13.5. The highest BCUT2D eigenvalue weighted by molar-refractivity contribution is 7.80. The molecule has 1 aromatic rings. The molecule has 1 heterocycles. The van der Waals surface area contributed by atoms with Gasteiger partial charge in [-0.2, -0.15) is 0 Å². The Bertz CT molecular complexity index is 499. The van der Waals surface area contributed by atoms with Gasteiger partial charge >= 0.3 is 0 Å². The minimum Gasteiger partial charge on any atom is -0.376 e. The van der Waals surface area contributed by atoms with Crippen LogP contribution in [0.4, 0.5) is 0 Å². The molecule has 0 spiro atoms. The normalized spacial score (nSPS) is 24.4. The first kappa shape index (κ1) is 14.8. The lowest BCUT2D eigenvalue weighted by molar-refractivity contribution is 0.113. The Morgan fingerprint density at radius 2 is 2.19 bits per heavy atom. The molecule has 3 rings (SSSR count). The molecule has 0 radical (unpaired) electrons. The summed E-state index contributed by atoms with van der Waals surface area (Å²) in [7, 11) is 2.11. The molecule has 1 aromatic carbocycles. The summed E-state index contributed by atoms with van der Waals surface area (Å²) >= 11 is 5.58. The van der Waals surface area contributed by atoms with Crippen molar-refractivity contribution in [3.63, 3.8) is 0 Å². The summed E-state index contributed by atoms with van der Waals surface area (Å²) in [6.45, 7) is 1.72. The van der Waals surface area contributed by atoms with Crippen LogP contribution in [0, 0.1) is 0 Å². The molecule has 114 valence electrons. The van der Waals surface area contributed by atoms with Gasteiger partial charge in [0.25, 0.3) is 0 Å². The van der Waals surface area contributed by atoms with Crippen LogP contribution in [0.2, 0.25) is 0 Å². The summed E-state index contributed by atoms with van der Waals surface area (Å²) in [5, 5.41) is 4.22. The summed E-state index contributed by atoms with van der Waals surface area (Å²) in [6.07, 6.45) is 6.25. The molecule has 2 aliphatic rings. The molecule has 1 aliphatic heterocycles. The molecule has 1 saturated heterocycles. The topological polar surface area (TPSA) is 24.5 Å². The number of rotatable bonds is 3. The molecule has 0 aromatic heterocycles. The van der Waals surface area contributed by atoms with E-state index in [1.807, 2.05) is 0 Å². The van der Waals surface area contributed by atoms with Crippen molar-refractivity contribution in [3.05, 3.63) is 35.4 Å². The van der Waals surface area contributed by atoms with Gasteiger partial charge in [-0.15, -0.1) is 0 Å². The Balaban J connectivity index is 1.62. The van der Waals surface area contributed by atoms with Gasteiger partial charge in [0.05, 0.1) is 12.1 Å². The lowest BCUT2D eigenvalue weighted by atomic mass is 9.87. The van der Waals surface area contributed by atoms with Crippen molar-refractivity contribution < 1.29 is 4.74 Å². The van der Waals surface area contributed by atoms with Gasteiger partial charge < -0.3 is 15.0 Å². The lowest BCUT2D eigenvalue weighted by Gasteiger charge is -2.35. The Morgan fingerprint density at radius 3 is 3.00 bits per heavy atom. The number of aryl methyl sites for hydroxylation is 1. The highest BCUT2D eigenvalue weighted by atomic mass is 32.1. The fourth-order valence-electron chi connectivity index (χ4n) is 3.40. The maximum absolute atomic E-state index is 5.64. The van der Waals surface area contributed by atoms with Crippen LogP contribution in [-0.2, 0) is 11.2 Å². The van der Waals surface area contributed by atoms with Crippen molar-refractivity contribution in [3.8, 4) is 0 Å². The molecule has 2 atom stereocenters. The SMILES string of the molecule is CN(C(=S)NC[C@H]1CCCO1)[C@@H]1CCCc2ccccc21. The minimum atomic E-state index is 0.329. The highest BCUT2D eigenvalue weighted by Crippen LogP contribution is 2.33. The average molecular weight is 304 g/mol. The van der Waals surface area contributed by atoms with Crippen LogP contribution in [0.15, 0.2) is 24.3 Å². The molecule has 0 saturated carbocycles. The van der Waals surface area contributed by atoms with Gasteiger partial charge in [0.1, 0.15) is 0 Å². The third-order valence-electron chi connectivity index (χ3n) is 4.63. The quantitative estimate of drug-likeness (QED) is 0.868. The van der Waals surface area contributed by atoms with E-state index in [9.17, 15) is 0 Å². The minimum absolute atomic E-state index is 0.329.